The second-order valence-corrected chi connectivity index (χ2v) is 6.71. The minimum Gasteiger partial charge on any atom is -0.358 e. The number of nitrogens with zero attached hydrogens (tertiary/aromatic N) is 6. The van der Waals surface area contributed by atoms with Gasteiger partial charge in [0, 0.05) is 26.9 Å². The van der Waals surface area contributed by atoms with Crippen molar-refractivity contribution in [2.75, 3.05) is 26.2 Å². The molecule has 0 bridgehead atoms. The first kappa shape index (κ1) is 22.4. The molecular formula is C17H28N8O4. The van der Waals surface area contributed by atoms with Gasteiger partial charge in [0.1, 0.15) is 25.5 Å². The largest absolute Gasteiger partial charge is 0.358 e. The Balaban J connectivity index is 1.50. The molecule has 0 aliphatic carbocycles. The number of unbranched alkanes of at least 4 members (excludes halogenated alkanes) is 2. The van der Waals surface area contributed by atoms with Gasteiger partial charge in [-0.3, -0.25) is 0 Å². The van der Waals surface area contributed by atoms with Crippen molar-refractivity contribution in [2.45, 2.75) is 46.2 Å². The van der Waals surface area contributed by atoms with Gasteiger partial charge in [-0.1, -0.05) is 6.42 Å². The standard InChI is InChI=1S/C17H28N8O4/c1-14-20-12-16(24(26)27)22(14)10-8-18-6-4-3-5-7-19-9-11-23-15(2)21-13-17(23)25(28)29/h12-13,18-19H,3-11H2,1-2H3. The fourth-order valence-electron chi connectivity index (χ4n) is 3.07. The molecule has 29 heavy (non-hydrogen) atoms. The van der Waals surface area contributed by atoms with Gasteiger partial charge >= 0.3 is 11.6 Å². The van der Waals surface area contributed by atoms with E-state index < -0.39 is 9.85 Å². The lowest BCUT2D eigenvalue weighted by atomic mass is 10.2. The average Bonchev–Trinajstić information content (AvgIpc) is 3.22. The van der Waals surface area contributed by atoms with Crippen molar-refractivity contribution in [3.8, 4) is 0 Å². The number of aryl methyl sites for hydroxylation is 2. The van der Waals surface area contributed by atoms with E-state index in [1.54, 1.807) is 23.0 Å². The Kier molecular flexibility index (Phi) is 8.68. The van der Waals surface area contributed by atoms with E-state index in [4.69, 9.17) is 0 Å². The molecule has 0 spiro atoms. The Hall–Kier alpha value is -2.86. The molecule has 0 aliphatic heterocycles. The normalized spacial score (nSPS) is 11.1. The summed E-state index contributed by atoms with van der Waals surface area (Å²) >= 11 is 0. The third kappa shape index (κ3) is 6.61. The third-order valence-electron chi connectivity index (χ3n) is 4.67. The number of hydrogen-bond donors (Lipinski definition) is 2. The molecule has 0 aromatic carbocycles. The Morgan fingerprint density at radius 3 is 1.59 bits per heavy atom. The SMILES string of the molecule is Cc1ncc([N+](=O)[O-])n1CCNCCCCCNCCn1c([N+](=O)[O-])cnc1C. The molecule has 160 valence electrons. The fraction of sp³-hybridized carbons (Fsp3) is 0.647. The number of rotatable bonds is 14. The lowest BCUT2D eigenvalue weighted by molar-refractivity contribution is -0.392. The van der Waals surface area contributed by atoms with Crippen LogP contribution < -0.4 is 10.6 Å². The van der Waals surface area contributed by atoms with Gasteiger partial charge in [0.2, 0.25) is 0 Å². The van der Waals surface area contributed by atoms with Crippen molar-refractivity contribution in [2.24, 2.45) is 0 Å². The minimum absolute atomic E-state index is 0.0200. The molecule has 0 fully saturated rings. The number of imidazole rings is 2. The number of hydrogen-bond acceptors (Lipinski definition) is 8. The van der Waals surface area contributed by atoms with Gasteiger partial charge in [0.25, 0.3) is 0 Å². The highest BCUT2D eigenvalue weighted by atomic mass is 16.6. The van der Waals surface area contributed by atoms with Gasteiger partial charge in [-0.15, -0.1) is 0 Å². The zero-order valence-electron chi connectivity index (χ0n) is 16.8. The molecule has 2 aromatic rings. The molecule has 12 nitrogen and oxygen atoms in total. The number of nitro groups is 2. The number of nitrogens with one attached hydrogen (secondary N) is 2. The molecule has 2 heterocycles. The van der Waals surface area contributed by atoms with Crippen molar-refractivity contribution in [3.63, 3.8) is 0 Å². The zero-order valence-corrected chi connectivity index (χ0v) is 16.8. The maximum absolute atomic E-state index is 10.9. The average molecular weight is 408 g/mol. The van der Waals surface area contributed by atoms with Crippen LogP contribution in [-0.2, 0) is 13.1 Å². The van der Waals surface area contributed by atoms with Crippen LogP contribution in [-0.4, -0.2) is 55.1 Å². The first-order valence-electron chi connectivity index (χ1n) is 9.66. The van der Waals surface area contributed by atoms with Gasteiger partial charge in [0.15, 0.2) is 11.6 Å². The summed E-state index contributed by atoms with van der Waals surface area (Å²) in [6.07, 6.45) is 5.65. The van der Waals surface area contributed by atoms with Crippen LogP contribution in [0.1, 0.15) is 30.9 Å². The molecule has 2 rings (SSSR count). The molecule has 0 amide bonds. The van der Waals surface area contributed by atoms with Crippen LogP contribution in [0.25, 0.3) is 0 Å². The van der Waals surface area contributed by atoms with Crippen LogP contribution in [0.4, 0.5) is 11.6 Å². The highest BCUT2D eigenvalue weighted by Gasteiger charge is 2.17. The summed E-state index contributed by atoms with van der Waals surface area (Å²) < 4.78 is 3.20. The Morgan fingerprint density at radius 2 is 1.21 bits per heavy atom. The monoisotopic (exact) mass is 408 g/mol. The summed E-state index contributed by atoms with van der Waals surface area (Å²) in [5.74, 6) is 1.32. The van der Waals surface area contributed by atoms with E-state index in [0.29, 0.717) is 37.8 Å². The van der Waals surface area contributed by atoms with Gasteiger partial charge < -0.3 is 30.9 Å². The highest BCUT2D eigenvalue weighted by molar-refractivity contribution is 5.19. The smallest absolute Gasteiger partial charge is 0.342 e. The van der Waals surface area contributed by atoms with E-state index in [9.17, 15) is 20.2 Å². The van der Waals surface area contributed by atoms with Crippen molar-refractivity contribution in [1.29, 1.82) is 0 Å². The molecule has 0 aliphatic rings. The summed E-state index contributed by atoms with van der Waals surface area (Å²) in [4.78, 5) is 29.0. The third-order valence-corrected chi connectivity index (χ3v) is 4.67. The first-order chi connectivity index (χ1) is 13.9. The predicted molar refractivity (Wildman–Crippen MR) is 107 cm³/mol. The van der Waals surface area contributed by atoms with E-state index in [2.05, 4.69) is 20.6 Å². The van der Waals surface area contributed by atoms with Crippen molar-refractivity contribution >= 4 is 11.6 Å². The fourth-order valence-corrected chi connectivity index (χ4v) is 3.07. The van der Waals surface area contributed by atoms with Crippen molar-refractivity contribution in [3.05, 3.63) is 44.3 Å². The summed E-state index contributed by atoms with van der Waals surface area (Å²) in [5, 5.41) is 28.5. The summed E-state index contributed by atoms with van der Waals surface area (Å²) in [5.41, 5.74) is 0. The quantitative estimate of drug-likeness (QED) is 0.272. The van der Waals surface area contributed by atoms with Gasteiger partial charge in [-0.25, -0.2) is 19.1 Å². The van der Waals surface area contributed by atoms with E-state index >= 15 is 0 Å². The molecule has 2 N–H and O–H groups in total. The van der Waals surface area contributed by atoms with Crippen molar-refractivity contribution < 1.29 is 9.85 Å². The Morgan fingerprint density at radius 1 is 0.793 bits per heavy atom. The van der Waals surface area contributed by atoms with Crippen LogP contribution in [0.2, 0.25) is 0 Å². The summed E-state index contributed by atoms with van der Waals surface area (Å²) in [7, 11) is 0. The predicted octanol–water partition coefficient (Wildman–Crippen LogP) is 1.56. The first-order valence-corrected chi connectivity index (χ1v) is 9.66. The maximum Gasteiger partial charge on any atom is 0.342 e. The number of aromatic nitrogens is 4. The van der Waals surface area contributed by atoms with E-state index in [-0.39, 0.29) is 11.6 Å². The molecule has 12 heteroatoms. The van der Waals surface area contributed by atoms with E-state index in [0.717, 1.165) is 32.4 Å². The van der Waals surface area contributed by atoms with Crippen LogP contribution in [0.5, 0.6) is 0 Å². The summed E-state index contributed by atoms with van der Waals surface area (Å²) in [6.45, 7) is 7.55. The summed E-state index contributed by atoms with van der Waals surface area (Å²) in [6, 6.07) is 0. The van der Waals surface area contributed by atoms with Gasteiger partial charge in [-0.05, 0) is 35.8 Å². The topological polar surface area (TPSA) is 146 Å². The Bertz CT molecular complexity index is 750. The molecule has 0 atom stereocenters. The lowest BCUT2D eigenvalue weighted by Crippen LogP contribution is -2.23. The van der Waals surface area contributed by atoms with Crippen LogP contribution in [0.3, 0.4) is 0 Å². The second-order valence-electron chi connectivity index (χ2n) is 6.71. The maximum atomic E-state index is 10.9. The molecule has 2 aromatic heterocycles. The lowest BCUT2D eigenvalue weighted by Gasteiger charge is -2.07. The van der Waals surface area contributed by atoms with Crippen LogP contribution in [0, 0.1) is 34.1 Å². The molecule has 0 saturated heterocycles. The minimum atomic E-state index is -0.417. The second kappa shape index (κ2) is 11.2. The Labute approximate surface area is 168 Å². The van der Waals surface area contributed by atoms with Gasteiger partial charge in [0.05, 0.1) is 0 Å². The molecule has 0 radical (unpaired) electrons. The van der Waals surface area contributed by atoms with E-state index in [1.807, 2.05) is 0 Å². The van der Waals surface area contributed by atoms with Crippen molar-refractivity contribution in [1.82, 2.24) is 29.7 Å². The molecule has 0 unspecified atom stereocenters. The zero-order chi connectivity index (χ0) is 21.2. The van der Waals surface area contributed by atoms with Crippen LogP contribution in [0.15, 0.2) is 12.4 Å². The molecular weight excluding hydrogens is 380 g/mol. The molecule has 0 saturated carbocycles. The van der Waals surface area contributed by atoms with Gasteiger partial charge in [-0.2, -0.15) is 0 Å². The van der Waals surface area contributed by atoms with E-state index in [1.165, 1.54) is 12.4 Å². The van der Waals surface area contributed by atoms with Crippen LogP contribution >= 0.6 is 0 Å². The highest BCUT2D eigenvalue weighted by Crippen LogP contribution is 2.13.